The molecule has 0 bridgehead atoms. The highest BCUT2D eigenvalue weighted by molar-refractivity contribution is 6.29. The van der Waals surface area contributed by atoms with Gasteiger partial charge in [0.15, 0.2) is 5.15 Å². The summed E-state index contributed by atoms with van der Waals surface area (Å²) in [5.41, 5.74) is -0.487. The Hall–Kier alpha value is -1.56. The molecule has 1 saturated heterocycles. The van der Waals surface area contributed by atoms with Gasteiger partial charge in [-0.05, 0) is 33.1 Å². The van der Waals surface area contributed by atoms with Gasteiger partial charge in [0.2, 0.25) is 5.88 Å². The minimum Gasteiger partial charge on any atom is -0.473 e. The molecule has 7 heteroatoms. The van der Waals surface area contributed by atoms with Gasteiger partial charge in [0.05, 0.1) is 12.4 Å². The van der Waals surface area contributed by atoms with Gasteiger partial charge in [0, 0.05) is 19.5 Å². The number of amides is 1. The van der Waals surface area contributed by atoms with Crippen molar-refractivity contribution >= 4 is 17.7 Å². The quantitative estimate of drug-likeness (QED) is 0.823. The van der Waals surface area contributed by atoms with Gasteiger partial charge >= 0.3 is 6.09 Å². The summed E-state index contributed by atoms with van der Waals surface area (Å²) in [5.74, 6) is 0.725. The molecular formula is C16H24ClN3O3. The zero-order valence-corrected chi connectivity index (χ0v) is 14.8. The van der Waals surface area contributed by atoms with Crippen LogP contribution in [0.5, 0.6) is 5.88 Å². The number of carbonyl (C=O) groups excluding carboxylic acids is 1. The third-order valence-corrected chi connectivity index (χ3v) is 3.62. The molecule has 1 aliphatic heterocycles. The Bertz CT molecular complexity index is 548. The summed E-state index contributed by atoms with van der Waals surface area (Å²) in [5, 5.41) is 0.305. The third kappa shape index (κ3) is 5.86. The molecule has 0 spiro atoms. The van der Waals surface area contributed by atoms with Crippen LogP contribution in [0.3, 0.4) is 0 Å². The fraction of sp³-hybridized carbons (Fsp3) is 0.688. The van der Waals surface area contributed by atoms with E-state index < -0.39 is 5.60 Å². The molecule has 2 heterocycles. The van der Waals surface area contributed by atoms with E-state index in [9.17, 15) is 4.79 Å². The Balaban J connectivity index is 1.96. The van der Waals surface area contributed by atoms with Crippen molar-refractivity contribution in [1.29, 1.82) is 0 Å². The summed E-state index contributed by atoms with van der Waals surface area (Å²) in [4.78, 5) is 22.1. The highest BCUT2D eigenvalue weighted by Gasteiger charge is 2.29. The SMILES string of the molecule is C[C@@H]1C[C@H](Oc2cncc(Cl)n2)CCN(C(=O)OC(C)(C)C)C1. The lowest BCUT2D eigenvalue weighted by atomic mass is 10.0. The minimum atomic E-state index is -0.487. The van der Waals surface area contributed by atoms with E-state index in [1.54, 1.807) is 11.1 Å². The van der Waals surface area contributed by atoms with Gasteiger partial charge in [-0.25, -0.2) is 4.79 Å². The molecule has 0 aliphatic carbocycles. The summed E-state index contributed by atoms with van der Waals surface area (Å²) in [6, 6.07) is 0. The van der Waals surface area contributed by atoms with E-state index in [1.807, 2.05) is 20.8 Å². The number of ether oxygens (including phenoxy) is 2. The lowest BCUT2D eigenvalue weighted by Gasteiger charge is -2.27. The van der Waals surface area contributed by atoms with Crippen LogP contribution in [0, 0.1) is 5.92 Å². The standard InChI is InChI=1S/C16H24ClN3O3/c1-11-7-12(22-14-9-18-8-13(17)19-14)5-6-20(10-11)15(21)23-16(2,3)4/h8-9,11-12H,5-7,10H2,1-4H3/t11-,12-/m1/s1. The first-order valence-corrected chi connectivity index (χ1v) is 8.23. The number of likely N-dealkylation sites (tertiary alicyclic amines) is 1. The molecule has 0 unspecified atom stereocenters. The van der Waals surface area contributed by atoms with Gasteiger partial charge in [0.1, 0.15) is 11.7 Å². The van der Waals surface area contributed by atoms with Crippen molar-refractivity contribution in [2.75, 3.05) is 13.1 Å². The molecule has 0 aromatic carbocycles. The maximum atomic E-state index is 12.2. The summed E-state index contributed by atoms with van der Waals surface area (Å²) in [6.07, 6.45) is 4.28. The first-order valence-electron chi connectivity index (χ1n) is 7.85. The van der Waals surface area contributed by atoms with Crippen molar-refractivity contribution < 1.29 is 14.3 Å². The van der Waals surface area contributed by atoms with E-state index in [0.717, 1.165) is 12.8 Å². The Kier molecular flexibility index (Phi) is 5.68. The smallest absolute Gasteiger partial charge is 0.410 e. The van der Waals surface area contributed by atoms with E-state index in [-0.39, 0.29) is 12.2 Å². The lowest BCUT2D eigenvalue weighted by Crippen LogP contribution is -2.38. The van der Waals surface area contributed by atoms with E-state index in [0.29, 0.717) is 30.0 Å². The molecule has 0 radical (unpaired) electrons. The molecule has 2 atom stereocenters. The molecule has 128 valence electrons. The van der Waals surface area contributed by atoms with Crippen LogP contribution in [-0.4, -0.2) is 45.8 Å². The Morgan fingerprint density at radius 2 is 2.13 bits per heavy atom. The largest absolute Gasteiger partial charge is 0.473 e. The zero-order chi connectivity index (χ0) is 17.0. The van der Waals surface area contributed by atoms with Crippen molar-refractivity contribution in [2.24, 2.45) is 5.92 Å². The number of halogens is 1. The molecule has 0 saturated carbocycles. The molecule has 1 amide bonds. The number of aromatic nitrogens is 2. The first kappa shape index (κ1) is 17.8. The second kappa shape index (κ2) is 7.34. The molecule has 6 nitrogen and oxygen atoms in total. The zero-order valence-electron chi connectivity index (χ0n) is 14.1. The molecule has 1 fully saturated rings. The van der Waals surface area contributed by atoms with Crippen LogP contribution in [-0.2, 0) is 4.74 Å². The molecule has 23 heavy (non-hydrogen) atoms. The fourth-order valence-corrected chi connectivity index (χ4v) is 2.70. The molecule has 0 N–H and O–H groups in total. The van der Waals surface area contributed by atoms with Crippen LogP contribution in [0.1, 0.15) is 40.5 Å². The van der Waals surface area contributed by atoms with Crippen molar-refractivity contribution in [1.82, 2.24) is 14.9 Å². The molecule has 1 aliphatic rings. The number of nitrogens with zero attached hydrogens (tertiary/aromatic N) is 3. The second-order valence-corrected chi connectivity index (χ2v) is 7.36. The van der Waals surface area contributed by atoms with Crippen molar-refractivity contribution in [3.8, 4) is 5.88 Å². The van der Waals surface area contributed by atoms with Gasteiger partial charge in [-0.2, -0.15) is 4.98 Å². The normalized spacial score (nSPS) is 22.4. The molecule has 1 aromatic rings. The number of rotatable bonds is 2. The van der Waals surface area contributed by atoms with Gasteiger partial charge in [0.25, 0.3) is 0 Å². The summed E-state index contributed by atoms with van der Waals surface area (Å²) in [7, 11) is 0. The van der Waals surface area contributed by atoms with E-state index >= 15 is 0 Å². The van der Waals surface area contributed by atoms with Crippen LogP contribution in [0.15, 0.2) is 12.4 Å². The molecular weight excluding hydrogens is 318 g/mol. The van der Waals surface area contributed by atoms with Gasteiger partial charge in [-0.15, -0.1) is 0 Å². The van der Waals surface area contributed by atoms with Crippen LogP contribution in [0.4, 0.5) is 4.79 Å². The van der Waals surface area contributed by atoms with Crippen LogP contribution >= 0.6 is 11.6 Å². The van der Waals surface area contributed by atoms with Crippen LogP contribution in [0.2, 0.25) is 5.15 Å². The summed E-state index contributed by atoms with van der Waals surface area (Å²) in [6.45, 7) is 8.97. The van der Waals surface area contributed by atoms with Crippen molar-refractivity contribution in [2.45, 2.75) is 52.2 Å². The highest BCUT2D eigenvalue weighted by atomic mass is 35.5. The summed E-state index contributed by atoms with van der Waals surface area (Å²) < 4.78 is 11.3. The van der Waals surface area contributed by atoms with Crippen LogP contribution < -0.4 is 4.74 Å². The Labute approximate surface area is 142 Å². The van der Waals surface area contributed by atoms with E-state index in [4.69, 9.17) is 21.1 Å². The topological polar surface area (TPSA) is 64.6 Å². The maximum absolute atomic E-state index is 12.2. The van der Waals surface area contributed by atoms with Gasteiger partial charge in [-0.3, -0.25) is 4.98 Å². The third-order valence-electron chi connectivity index (χ3n) is 3.44. The predicted molar refractivity (Wildman–Crippen MR) is 87.7 cm³/mol. The van der Waals surface area contributed by atoms with E-state index in [1.165, 1.54) is 6.20 Å². The monoisotopic (exact) mass is 341 g/mol. The van der Waals surface area contributed by atoms with Crippen LogP contribution in [0.25, 0.3) is 0 Å². The number of carbonyl (C=O) groups is 1. The van der Waals surface area contributed by atoms with Gasteiger partial charge < -0.3 is 14.4 Å². The van der Waals surface area contributed by atoms with E-state index in [2.05, 4.69) is 16.9 Å². The van der Waals surface area contributed by atoms with Crippen molar-refractivity contribution in [3.05, 3.63) is 17.5 Å². The van der Waals surface area contributed by atoms with Gasteiger partial charge in [-0.1, -0.05) is 18.5 Å². The fourth-order valence-electron chi connectivity index (χ4n) is 2.56. The lowest BCUT2D eigenvalue weighted by molar-refractivity contribution is 0.0236. The summed E-state index contributed by atoms with van der Waals surface area (Å²) >= 11 is 5.83. The highest BCUT2D eigenvalue weighted by Crippen LogP contribution is 2.22. The first-order chi connectivity index (χ1) is 10.7. The Morgan fingerprint density at radius 3 is 2.78 bits per heavy atom. The minimum absolute atomic E-state index is 0.0230. The average Bonchev–Trinajstić information content (AvgIpc) is 2.58. The average molecular weight is 342 g/mol. The molecule has 1 aromatic heterocycles. The molecule has 2 rings (SSSR count). The van der Waals surface area contributed by atoms with Crippen molar-refractivity contribution in [3.63, 3.8) is 0 Å². The number of hydrogen-bond acceptors (Lipinski definition) is 5. The maximum Gasteiger partial charge on any atom is 0.410 e. The number of hydrogen-bond donors (Lipinski definition) is 0. The predicted octanol–water partition coefficient (Wildman–Crippen LogP) is 3.54. The second-order valence-electron chi connectivity index (χ2n) is 6.98. The Morgan fingerprint density at radius 1 is 1.39 bits per heavy atom.